The van der Waals surface area contributed by atoms with Crippen LogP contribution in [0.25, 0.3) is 0 Å². The first kappa shape index (κ1) is 16.9. The molecular formula is C18H20N2O5. The van der Waals surface area contributed by atoms with Crippen molar-refractivity contribution in [3.8, 4) is 17.2 Å². The number of fused-ring (bicyclic) bond motifs is 1. The molecule has 1 aliphatic rings. The highest BCUT2D eigenvalue weighted by atomic mass is 16.7. The summed E-state index contributed by atoms with van der Waals surface area (Å²) >= 11 is 0. The van der Waals surface area contributed by atoms with Gasteiger partial charge in [-0.25, -0.2) is 4.79 Å². The average molecular weight is 344 g/mol. The molecule has 0 spiro atoms. The van der Waals surface area contributed by atoms with Gasteiger partial charge in [-0.05, 0) is 48.9 Å². The van der Waals surface area contributed by atoms with Crippen LogP contribution >= 0.6 is 0 Å². The van der Waals surface area contributed by atoms with Crippen LogP contribution in [0.3, 0.4) is 0 Å². The molecule has 132 valence electrons. The smallest absolute Gasteiger partial charge is 0.319 e. The maximum Gasteiger partial charge on any atom is 0.319 e. The van der Waals surface area contributed by atoms with Gasteiger partial charge in [0.1, 0.15) is 11.4 Å². The van der Waals surface area contributed by atoms with E-state index in [1.54, 1.807) is 56.5 Å². The zero-order valence-corrected chi connectivity index (χ0v) is 14.0. The molecular weight excluding hydrogens is 324 g/mol. The fraction of sp³-hybridized carbons (Fsp3) is 0.278. The predicted molar refractivity (Wildman–Crippen MR) is 92.2 cm³/mol. The summed E-state index contributed by atoms with van der Waals surface area (Å²) < 4.78 is 15.6. The molecule has 0 saturated heterocycles. The molecule has 0 fully saturated rings. The third-order valence-corrected chi connectivity index (χ3v) is 3.94. The molecule has 0 aliphatic carbocycles. The Morgan fingerprint density at radius 3 is 2.64 bits per heavy atom. The molecule has 0 radical (unpaired) electrons. The minimum absolute atomic E-state index is 0.0363. The van der Waals surface area contributed by atoms with Gasteiger partial charge in [0.05, 0.1) is 13.7 Å². The molecule has 1 atom stereocenters. The second kappa shape index (κ2) is 6.90. The predicted octanol–water partition coefficient (Wildman–Crippen LogP) is 2.45. The highest BCUT2D eigenvalue weighted by Crippen LogP contribution is 2.35. The topological polar surface area (TPSA) is 89.1 Å². The van der Waals surface area contributed by atoms with Gasteiger partial charge in [-0.15, -0.1) is 0 Å². The van der Waals surface area contributed by atoms with E-state index in [0.29, 0.717) is 28.5 Å². The number of hydrogen-bond acceptors (Lipinski definition) is 5. The fourth-order valence-electron chi connectivity index (χ4n) is 2.44. The monoisotopic (exact) mass is 344 g/mol. The normalized spacial score (nSPS) is 14.5. The number of amides is 2. The Morgan fingerprint density at radius 1 is 1.20 bits per heavy atom. The Morgan fingerprint density at radius 2 is 1.92 bits per heavy atom. The van der Waals surface area contributed by atoms with E-state index in [-0.39, 0.29) is 13.3 Å². The van der Waals surface area contributed by atoms with Crippen molar-refractivity contribution in [2.45, 2.75) is 12.5 Å². The van der Waals surface area contributed by atoms with Crippen LogP contribution in [0.4, 0.5) is 10.5 Å². The first-order chi connectivity index (χ1) is 12.0. The SMILES string of the molecule is COc1ccc(NC(=O)NCC(C)(O)c2ccc3c(c2)OCO3)cc1. The van der Waals surface area contributed by atoms with Gasteiger partial charge in [0.25, 0.3) is 0 Å². The lowest BCUT2D eigenvalue weighted by molar-refractivity contribution is 0.0597. The van der Waals surface area contributed by atoms with E-state index in [1.807, 2.05) is 0 Å². The molecule has 0 saturated carbocycles. The molecule has 25 heavy (non-hydrogen) atoms. The zero-order chi connectivity index (χ0) is 17.9. The van der Waals surface area contributed by atoms with Crippen LogP contribution in [-0.4, -0.2) is 31.6 Å². The van der Waals surface area contributed by atoms with Crippen LogP contribution < -0.4 is 24.8 Å². The molecule has 1 aliphatic heterocycles. The lowest BCUT2D eigenvalue weighted by Crippen LogP contribution is -2.40. The highest BCUT2D eigenvalue weighted by molar-refractivity contribution is 5.89. The Balaban J connectivity index is 1.58. The number of urea groups is 1. The number of carbonyl (C=O) groups is 1. The molecule has 2 aromatic carbocycles. The number of anilines is 1. The summed E-state index contributed by atoms with van der Waals surface area (Å²) in [7, 11) is 1.58. The van der Waals surface area contributed by atoms with Crippen molar-refractivity contribution in [1.82, 2.24) is 5.32 Å². The summed E-state index contributed by atoms with van der Waals surface area (Å²) in [5, 5.41) is 16.0. The highest BCUT2D eigenvalue weighted by Gasteiger charge is 2.26. The molecule has 3 N–H and O–H groups in total. The summed E-state index contributed by atoms with van der Waals surface area (Å²) in [6.45, 7) is 1.83. The molecule has 3 rings (SSSR count). The van der Waals surface area contributed by atoms with E-state index in [4.69, 9.17) is 14.2 Å². The summed E-state index contributed by atoms with van der Waals surface area (Å²) in [6.07, 6.45) is 0. The molecule has 7 heteroatoms. The van der Waals surface area contributed by atoms with Gasteiger partial charge in [0.2, 0.25) is 6.79 Å². The van der Waals surface area contributed by atoms with Crippen molar-refractivity contribution in [3.63, 3.8) is 0 Å². The largest absolute Gasteiger partial charge is 0.497 e. The minimum atomic E-state index is -1.25. The average Bonchev–Trinajstić information content (AvgIpc) is 3.08. The number of ether oxygens (including phenoxy) is 3. The van der Waals surface area contributed by atoms with Gasteiger partial charge < -0.3 is 30.0 Å². The third kappa shape index (κ3) is 3.95. The molecule has 0 bridgehead atoms. The molecule has 7 nitrogen and oxygen atoms in total. The maximum atomic E-state index is 12.0. The fourth-order valence-corrected chi connectivity index (χ4v) is 2.44. The Labute approximate surface area is 145 Å². The van der Waals surface area contributed by atoms with Gasteiger partial charge in [-0.3, -0.25) is 0 Å². The van der Waals surface area contributed by atoms with Gasteiger partial charge in [0, 0.05) is 5.69 Å². The Hall–Kier alpha value is -2.93. The lowest BCUT2D eigenvalue weighted by Gasteiger charge is -2.24. The number of rotatable bonds is 5. The van der Waals surface area contributed by atoms with Crippen molar-refractivity contribution in [3.05, 3.63) is 48.0 Å². The first-order valence-corrected chi connectivity index (χ1v) is 7.79. The first-order valence-electron chi connectivity index (χ1n) is 7.79. The van der Waals surface area contributed by atoms with Crippen molar-refractivity contribution in [1.29, 1.82) is 0 Å². The van der Waals surface area contributed by atoms with E-state index in [1.165, 1.54) is 0 Å². The molecule has 1 unspecified atom stereocenters. The van der Waals surface area contributed by atoms with E-state index in [0.717, 1.165) is 0 Å². The van der Waals surface area contributed by atoms with Gasteiger partial charge in [0.15, 0.2) is 11.5 Å². The number of hydrogen-bond donors (Lipinski definition) is 3. The van der Waals surface area contributed by atoms with E-state index >= 15 is 0 Å². The second-order valence-corrected chi connectivity index (χ2v) is 5.88. The van der Waals surface area contributed by atoms with Crippen LogP contribution in [0.15, 0.2) is 42.5 Å². The number of carbonyl (C=O) groups excluding carboxylic acids is 1. The van der Waals surface area contributed by atoms with E-state index in [2.05, 4.69) is 10.6 Å². The Kier molecular flexibility index (Phi) is 4.67. The number of aliphatic hydroxyl groups is 1. The Bertz CT molecular complexity index is 759. The van der Waals surface area contributed by atoms with Gasteiger partial charge >= 0.3 is 6.03 Å². The number of methoxy groups -OCH3 is 1. The summed E-state index contributed by atoms with van der Waals surface area (Å²) in [4.78, 5) is 12.0. The van der Waals surface area contributed by atoms with Crippen molar-refractivity contribution >= 4 is 11.7 Å². The van der Waals surface area contributed by atoms with Crippen molar-refractivity contribution < 1.29 is 24.1 Å². The van der Waals surface area contributed by atoms with Crippen LogP contribution in [0.1, 0.15) is 12.5 Å². The number of benzene rings is 2. The molecule has 2 aromatic rings. The summed E-state index contributed by atoms with van der Waals surface area (Å²) in [5.41, 5.74) is 0.000575. The lowest BCUT2D eigenvalue weighted by atomic mass is 9.95. The van der Waals surface area contributed by atoms with Gasteiger partial charge in [-0.1, -0.05) is 6.07 Å². The summed E-state index contributed by atoms with van der Waals surface area (Å²) in [5.74, 6) is 1.93. The number of nitrogens with one attached hydrogen (secondary N) is 2. The standard InChI is InChI=1S/C18H20N2O5/c1-18(22,12-3-8-15-16(9-12)25-11-24-15)10-19-17(21)20-13-4-6-14(23-2)7-5-13/h3-9,22H,10-11H2,1-2H3,(H2,19,20,21). The van der Waals surface area contributed by atoms with E-state index < -0.39 is 11.6 Å². The van der Waals surface area contributed by atoms with Crippen molar-refractivity contribution in [2.75, 3.05) is 25.8 Å². The zero-order valence-electron chi connectivity index (χ0n) is 14.0. The third-order valence-electron chi connectivity index (χ3n) is 3.94. The van der Waals surface area contributed by atoms with Gasteiger partial charge in [-0.2, -0.15) is 0 Å². The van der Waals surface area contributed by atoms with Crippen LogP contribution in [0.2, 0.25) is 0 Å². The summed E-state index contributed by atoms with van der Waals surface area (Å²) in [6, 6.07) is 11.7. The molecule has 0 aromatic heterocycles. The maximum absolute atomic E-state index is 12.0. The quantitative estimate of drug-likeness (QED) is 0.775. The van der Waals surface area contributed by atoms with Crippen LogP contribution in [0, 0.1) is 0 Å². The molecule has 2 amide bonds. The second-order valence-electron chi connectivity index (χ2n) is 5.88. The van der Waals surface area contributed by atoms with Crippen LogP contribution in [0.5, 0.6) is 17.2 Å². The van der Waals surface area contributed by atoms with Crippen molar-refractivity contribution in [2.24, 2.45) is 0 Å². The van der Waals surface area contributed by atoms with Crippen LogP contribution in [-0.2, 0) is 5.60 Å². The molecule has 1 heterocycles. The minimum Gasteiger partial charge on any atom is -0.497 e. The van der Waals surface area contributed by atoms with E-state index in [9.17, 15) is 9.90 Å².